The number of pyridine rings is 2. The van der Waals surface area contributed by atoms with E-state index in [9.17, 15) is 9.18 Å². The van der Waals surface area contributed by atoms with E-state index in [1.807, 2.05) is 12.1 Å². The molecule has 3 aromatic rings. The molecular formula is C24H23FN4O2. The van der Waals surface area contributed by atoms with Gasteiger partial charge in [0.05, 0.1) is 6.20 Å². The van der Waals surface area contributed by atoms with Gasteiger partial charge in [0.15, 0.2) is 11.6 Å². The molecule has 1 aromatic carbocycles. The second-order valence-electron chi connectivity index (χ2n) is 7.25. The summed E-state index contributed by atoms with van der Waals surface area (Å²) >= 11 is 0. The Labute approximate surface area is 180 Å². The number of rotatable bonds is 7. The molecule has 1 saturated heterocycles. The Morgan fingerprint density at radius 3 is 2.81 bits per heavy atom. The van der Waals surface area contributed by atoms with E-state index < -0.39 is 5.82 Å². The summed E-state index contributed by atoms with van der Waals surface area (Å²) in [6.07, 6.45) is 10.2. The van der Waals surface area contributed by atoms with Gasteiger partial charge in [-0.05, 0) is 66.4 Å². The normalized spacial score (nSPS) is 13.5. The number of ether oxygens (including phenoxy) is 1. The number of hydrogen-bond acceptors (Lipinski definition) is 5. The molecule has 0 aliphatic carbocycles. The lowest BCUT2D eigenvalue weighted by molar-refractivity contribution is -0.116. The van der Waals surface area contributed by atoms with Crippen molar-refractivity contribution in [3.8, 4) is 11.5 Å². The van der Waals surface area contributed by atoms with Gasteiger partial charge in [-0.15, -0.1) is 0 Å². The van der Waals surface area contributed by atoms with Crippen LogP contribution in [0.25, 0.3) is 6.08 Å². The summed E-state index contributed by atoms with van der Waals surface area (Å²) in [5.74, 6) is 0.728. The average molecular weight is 418 g/mol. The molecule has 158 valence electrons. The van der Waals surface area contributed by atoms with Crippen molar-refractivity contribution in [2.45, 2.75) is 19.4 Å². The molecule has 0 spiro atoms. The van der Waals surface area contributed by atoms with Crippen molar-refractivity contribution >= 4 is 17.8 Å². The predicted molar refractivity (Wildman–Crippen MR) is 117 cm³/mol. The molecule has 4 rings (SSSR count). The zero-order chi connectivity index (χ0) is 21.5. The van der Waals surface area contributed by atoms with Gasteiger partial charge in [0.25, 0.3) is 0 Å². The van der Waals surface area contributed by atoms with Gasteiger partial charge in [-0.1, -0.05) is 6.07 Å². The lowest BCUT2D eigenvalue weighted by Gasteiger charge is -2.16. The van der Waals surface area contributed by atoms with Crippen LogP contribution in [-0.2, 0) is 11.3 Å². The number of nitrogens with zero attached hydrogens (tertiary/aromatic N) is 3. The van der Waals surface area contributed by atoms with Gasteiger partial charge in [-0.25, -0.2) is 9.37 Å². The lowest BCUT2D eigenvalue weighted by Crippen LogP contribution is -2.22. The maximum Gasteiger partial charge on any atom is 0.244 e. The highest BCUT2D eigenvalue weighted by molar-refractivity contribution is 5.91. The molecule has 1 N–H and O–H groups in total. The van der Waals surface area contributed by atoms with Crippen LogP contribution in [0.2, 0.25) is 0 Å². The molecule has 0 radical (unpaired) electrons. The summed E-state index contributed by atoms with van der Waals surface area (Å²) in [5, 5.41) is 2.85. The van der Waals surface area contributed by atoms with Crippen LogP contribution in [0, 0.1) is 5.82 Å². The van der Waals surface area contributed by atoms with E-state index in [2.05, 4.69) is 20.2 Å². The third-order valence-electron chi connectivity index (χ3n) is 4.95. The second-order valence-corrected chi connectivity index (χ2v) is 7.25. The largest absolute Gasteiger partial charge is 0.453 e. The van der Waals surface area contributed by atoms with E-state index in [-0.39, 0.29) is 11.7 Å². The quantitative estimate of drug-likeness (QED) is 0.578. The number of carbonyl (C=O) groups excluding carboxylic acids is 1. The summed E-state index contributed by atoms with van der Waals surface area (Å²) in [7, 11) is 0. The fourth-order valence-corrected chi connectivity index (χ4v) is 3.35. The molecule has 0 unspecified atom stereocenters. The molecule has 3 heterocycles. The Hall–Kier alpha value is -3.74. The Kier molecular flexibility index (Phi) is 6.52. The summed E-state index contributed by atoms with van der Waals surface area (Å²) < 4.78 is 19.8. The highest BCUT2D eigenvalue weighted by Crippen LogP contribution is 2.25. The van der Waals surface area contributed by atoms with Crippen LogP contribution in [0.1, 0.15) is 24.0 Å². The standard InChI is InChI=1S/C24H23FN4O2/c25-21-14-18(5-7-22(21)31-20-4-3-10-26-17-20)6-8-24(30)28-16-19-9-11-27-23(15-19)29-12-1-2-13-29/h3-11,14-15,17H,1-2,12-13,16H2,(H,28,30)/b8-6+. The Bertz CT molecular complexity index is 1070. The summed E-state index contributed by atoms with van der Waals surface area (Å²) in [6, 6.07) is 11.8. The number of nitrogens with one attached hydrogen (secondary N) is 1. The molecule has 7 heteroatoms. The molecule has 6 nitrogen and oxygen atoms in total. The maximum atomic E-state index is 14.3. The summed E-state index contributed by atoms with van der Waals surface area (Å²) in [6.45, 7) is 2.45. The first-order valence-electron chi connectivity index (χ1n) is 10.2. The highest BCUT2D eigenvalue weighted by atomic mass is 19.1. The predicted octanol–water partition coefficient (Wildman–Crippen LogP) is 4.34. The summed E-state index contributed by atoms with van der Waals surface area (Å²) in [4.78, 5) is 22.8. The molecule has 0 atom stereocenters. The number of hydrogen-bond donors (Lipinski definition) is 1. The maximum absolute atomic E-state index is 14.3. The fraction of sp³-hybridized carbons (Fsp3) is 0.208. The number of amides is 1. The van der Waals surface area contributed by atoms with Crippen LogP contribution >= 0.6 is 0 Å². The van der Waals surface area contributed by atoms with Crippen LogP contribution in [0.4, 0.5) is 10.2 Å². The zero-order valence-electron chi connectivity index (χ0n) is 17.0. The number of aromatic nitrogens is 2. The molecule has 2 aromatic heterocycles. The molecule has 0 bridgehead atoms. The molecule has 1 aliphatic heterocycles. The molecule has 1 amide bonds. The van der Waals surface area contributed by atoms with Gasteiger partial charge in [-0.2, -0.15) is 0 Å². The van der Waals surface area contributed by atoms with Crippen molar-refractivity contribution in [3.63, 3.8) is 0 Å². The Morgan fingerprint density at radius 1 is 1.16 bits per heavy atom. The van der Waals surface area contributed by atoms with E-state index in [0.29, 0.717) is 17.9 Å². The van der Waals surface area contributed by atoms with E-state index in [4.69, 9.17) is 4.74 Å². The number of benzene rings is 1. The topological polar surface area (TPSA) is 67.3 Å². The van der Waals surface area contributed by atoms with Crippen molar-refractivity contribution in [3.05, 3.63) is 84.1 Å². The van der Waals surface area contributed by atoms with Crippen molar-refractivity contribution in [1.29, 1.82) is 0 Å². The smallest absolute Gasteiger partial charge is 0.244 e. The first kappa shape index (κ1) is 20.5. The van der Waals surface area contributed by atoms with Crippen molar-refractivity contribution in [1.82, 2.24) is 15.3 Å². The van der Waals surface area contributed by atoms with Gasteiger partial charge in [0.1, 0.15) is 11.6 Å². The van der Waals surface area contributed by atoms with Gasteiger partial charge < -0.3 is 15.0 Å². The minimum absolute atomic E-state index is 0.0982. The number of carbonyl (C=O) groups is 1. The number of halogens is 1. The highest BCUT2D eigenvalue weighted by Gasteiger charge is 2.13. The van der Waals surface area contributed by atoms with Crippen molar-refractivity contribution in [2.75, 3.05) is 18.0 Å². The van der Waals surface area contributed by atoms with E-state index in [1.165, 1.54) is 37.2 Å². The van der Waals surface area contributed by atoms with Gasteiger partial charge in [0.2, 0.25) is 5.91 Å². The number of anilines is 1. The zero-order valence-corrected chi connectivity index (χ0v) is 17.0. The van der Waals surface area contributed by atoms with Crippen LogP contribution in [0.3, 0.4) is 0 Å². The lowest BCUT2D eigenvalue weighted by atomic mass is 10.2. The Balaban J connectivity index is 1.32. The van der Waals surface area contributed by atoms with Crippen LogP contribution < -0.4 is 15.0 Å². The minimum Gasteiger partial charge on any atom is -0.453 e. The fourth-order valence-electron chi connectivity index (χ4n) is 3.35. The van der Waals surface area contributed by atoms with Crippen molar-refractivity contribution < 1.29 is 13.9 Å². The van der Waals surface area contributed by atoms with Gasteiger partial charge in [-0.3, -0.25) is 9.78 Å². The second kappa shape index (κ2) is 9.84. The average Bonchev–Trinajstić information content (AvgIpc) is 3.34. The van der Waals surface area contributed by atoms with Crippen LogP contribution in [0.15, 0.2) is 67.1 Å². The van der Waals surface area contributed by atoms with E-state index in [0.717, 1.165) is 24.5 Å². The molecule has 1 aliphatic rings. The van der Waals surface area contributed by atoms with Crippen molar-refractivity contribution in [2.24, 2.45) is 0 Å². The van der Waals surface area contributed by atoms with Gasteiger partial charge >= 0.3 is 0 Å². The third kappa shape index (κ3) is 5.66. The molecule has 1 fully saturated rings. The first-order valence-corrected chi connectivity index (χ1v) is 10.2. The van der Waals surface area contributed by atoms with Crippen LogP contribution in [0.5, 0.6) is 11.5 Å². The first-order chi connectivity index (χ1) is 15.2. The van der Waals surface area contributed by atoms with E-state index >= 15 is 0 Å². The summed E-state index contributed by atoms with van der Waals surface area (Å²) in [5.41, 5.74) is 1.55. The monoisotopic (exact) mass is 418 g/mol. The van der Waals surface area contributed by atoms with E-state index in [1.54, 1.807) is 36.7 Å². The SMILES string of the molecule is O=C(/C=C/c1ccc(Oc2cccnc2)c(F)c1)NCc1ccnc(N2CCCC2)c1. The molecular weight excluding hydrogens is 395 g/mol. The minimum atomic E-state index is -0.516. The molecule has 0 saturated carbocycles. The Morgan fingerprint density at radius 2 is 2.03 bits per heavy atom. The molecule has 31 heavy (non-hydrogen) atoms. The van der Waals surface area contributed by atoms with Gasteiger partial charge in [0, 0.05) is 38.1 Å². The third-order valence-corrected chi connectivity index (χ3v) is 4.95. The van der Waals surface area contributed by atoms with Crippen LogP contribution in [-0.4, -0.2) is 29.0 Å².